The van der Waals surface area contributed by atoms with Gasteiger partial charge in [-0.2, -0.15) is 0 Å². The minimum absolute atomic E-state index is 0.0543. The monoisotopic (exact) mass is 373 g/mol. The van der Waals surface area contributed by atoms with Crippen molar-refractivity contribution >= 4 is 23.4 Å². The highest BCUT2D eigenvalue weighted by molar-refractivity contribution is 7.99. The molecule has 0 atom stereocenters. The summed E-state index contributed by atoms with van der Waals surface area (Å²) in [6.07, 6.45) is 0. The molecule has 1 heterocycles. The van der Waals surface area contributed by atoms with Gasteiger partial charge in [-0.15, -0.1) is 0 Å². The third kappa shape index (κ3) is 4.55. The number of hydrogen-bond acceptors (Lipinski definition) is 4. The summed E-state index contributed by atoms with van der Waals surface area (Å²) >= 11 is 1.17. The van der Waals surface area contributed by atoms with E-state index < -0.39 is 29.0 Å². The summed E-state index contributed by atoms with van der Waals surface area (Å²) in [5.41, 5.74) is 1.40. The lowest BCUT2D eigenvalue weighted by Gasteiger charge is -2.10. The van der Waals surface area contributed by atoms with Crippen molar-refractivity contribution in [1.82, 2.24) is 9.55 Å². The predicted molar refractivity (Wildman–Crippen MR) is 89.2 cm³/mol. The Bertz CT molecular complexity index is 780. The van der Waals surface area contributed by atoms with Gasteiger partial charge >= 0.3 is 0 Å². The molecule has 5 nitrogen and oxygen atoms in total. The van der Waals surface area contributed by atoms with Gasteiger partial charge in [-0.3, -0.25) is 4.79 Å². The van der Waals surface area contributed by atoms with E-state index in [0.717, 1.165) is 23.5 Å². The molecule has 0 unspecified atom stereocenters. The quantitative estimate of drug-likeness (QED) is 0.598. The smallest absolute Gasteiger partial charge is 0.234 e. The molecule has 1 N–H and O–H groups in total. The van der Waals surface area contributed by atoms with E-state index in [-0.39, 0.29) is 5.75 Å². The number of carbonyl (C=O) groups is 1. The van der Waals surface area contributed by atoms with Crippen LogP contribution in [0.15, 0.2) is 17.3 Å². The third-order valence-electron chi connectivity index (χ3n) is 3.58. The van der Waals surface area contributed by atoms with Crippen molar-refractivity contribution < 1.29 is 22.7 Å². The topological polar surface area (TPSA) is 56.1 Å². The second-order valence-corrected chi connectivity index (χ2v) is 6.21. The first-order chi connectivity index (χ1) is 11.8. The van der Waals surface area contributed by atoms with Crippen LogP contribution in [-0.2, 0) is 16.1 Å². The fourth-order valence-corrected chi connectivity index (χ4v) is 3.04. The van der Waals surface area contributed by atoms with Gasteiger partial charge in [0.05, 0.1) is 23.7 Å². The highest BCUT2D eigenvalue weighted by Gasteiger charge is 2.17. The minimum Gasteiger partial charge on any atom is -0.383 e. The number of hydrogen-bond donors (Lipinski definition) is 1. The highest BCUT2D eigenvalue weighted by Crippen LogP contribution is 2.23. The number of thioether (sulfide) groups is 1. The lowest BCUT2D eigenvalue weighted by atomic mass is 10.3. The zero-order valence-electron chi connectivity index (χ0n) is 14.0. The number of rotatable bonds is 7. The standard InChI is InChI=1S/C16H18F3N3O2S/c1-9-10(2)22(6-7-24-3)16(20-9)25-8-13(23)21-12-5-4-11(17)14(18)15(12)19/h4-5H,6-8H2,1-3H3,(H,21,23). The number of anilines is 1. The van der Waals surface area contributed by atoms with Gasteiger partial charge in [-0.25, -0.2) is 18.2 Å². The van der Waals surface area contributed by atoms with E-state index in [1.54, 1.807) is 7.11 Å². The molecular formula is C16H18F3N3O2S. The van der Waals surface area contributed by atoms with Crippen LogP contribution in [0.2, 0.25) is 0 Å². The van der Waals surface area contributed by atoms with Crippen LogP contribution in [0, 0.1) is 31.3 Å². The number of halogens is 3. The van der Waals surface area contributed by atoms with Gasteiger partial charge < -0.3 is 14.6 Å². The van der Waals surface area contributed by atoms with Crippen LogP contribution >= 0.6 is 11.8 Å². The number of nitrogens with one attached hydrogen (secondary N) is 1. The Morgan fingerprint density at radius 2 is 2.00 bits per heavy atom. The molecule has 0 fully saturated rings. The SMILES string of the molecule is COCCn1c(SCC(=O)Nc2ccc(F)c(F)c2F)nc(C)c1C. The summed E-state index contributed by atoms with van der Waals surface area (Å²) in [5, 5.41) is 2.86. The number of aryl methyl sites for hydroxylation is 1. The Kier molecular flexibility index (Phi) is 6.49. The normalized spacial score (nSPS) is 11.0. The predicted octanol–water partition coefficient (Wildman–Crippen LogP) is 3.29. The van der Waals surface area contributed by atoms with E-state index in [0.29, 0.717) is 18.3 Å². The van der Waals surface area contributed by atoms with E-state index in [9.17, 15) is 18.0 Å². The van der Waals surface area contributed by atoms with E-state index in [1.165, 1.54) is 11.8 Å². The molecule has 0 saturated carbocycles. The van der Waals surface area contributed by atoms with E-state index in [1.807, 2.05) is 18.4 Å². The van der Waals surface area contributed by atoms with Crippen LogP contribution in [0.1, 0.15) is 11.4 Å². The Labute approximate surface area is 147 Å². The van der Waals surface area contributed by atoms with Crippen LogP contribution in [0.5, 0.6) is 0 Å². The van der Waals surface area contributed by atoms with Crippen LogP contribution in [0.25, 0.3) is 0 Å². The molecule has 1 amide bonds. The summed E-state index contributed by atoms with van der Waals surface area (Å²) in [7, 11) is 1.59. The molecule has 0 saturated heterocycles. The molecule has 25 heavy (non-hydrogen) atoms. The number of benzene rings is 1. The first-order valence-electron chi connectivity index (χ1n) is 7.44. The molecule has 0 aliphatic carbocycles. The molecule has 9 heteroatoms. The Hall–Kier alpha value is -2.00. The summed E-state index contributed by atoms with van der Waals surface area (Å²) in [5.74, 6) is -4.96. The largest absolute Gasteiger partial charge is 0.383 e. The third-order valence-corrected chi connectivity index (χ3v) is 4.56. The molecule has 0 bridgehead atoms. The molecule has 136 valence electrons. The van der Waals surface area contributed by atoms with Crippen molar-refractivity contribution in [1.29, 1.82) is 0 Å². The van der Waals surface area contributed by atoms with E-state index >= 15 is 0 Å². The fraction of sp³-hybridized carbons (Fsp3) is 0.375. The number of aromatic nitrogens is 2. The fourth-order valence-electron chi connectivity index (χ4n) is 2.12. The Balaban J connectivity index is 2.03. The number of amides is 1. The van der Waals surface area contributed by atoms with Crippen molar-refractivity contribution in [2.24, 2.45) is 0 Å². The first kappa shape index (κ1) is 19.3. The Morgan fingerprint density at radius 1 is 1.28 bits per heavy atom. The average Bonchev–Trinajstić information content (AvgIpc) is 2.86. The zero-order valence-corrected chi connectivity index (χ0v) is 14.8. The summed E-state index contributed by atoms with van der Waals surface area (Å²) in [4.78, 5) is 16.4. The molecule has 0 radical (unpaired) electrons. The average molecular weight is 373 g/mol. The number of carbonyl (C=O) groups excluding carboxylic acids is 1. The number of methoxy groups -OCH3 is 1. The summed E-state index contributed by atoms with van der Waals surface area (Å²) < 4.78 is 46.6. The molecule has 2 rings (SSSR count). The summed E-state index contributed by atoms with van der Waals surface area (Å²) in [6, 6.07) is 1.73. The van der Waals surface area contributed by atoms with Gasteiger partial charge in [0.15, 0.2) is 22.6 Å². The maximum absolute atomic E-state index is 13.6. The second-order valence-electron chi connectivity index (χ2n) is 5.27. The minimum atomic E-state index is -1.62. The van der Waals surface area contributed by atoms with Crippen molar-refractivity contribution in [2.45, 2.75) is 25.5 Å². The molecule has 0 spiro atoms. The zero-order chi connectivity index (χ0) is 18.6. The van der Waals surface area contributed by atoms with Crippen LogP contribution in [-0.4, -0.2) is 34.9 Å². The number of nitrogens with zero attached hydrogens (tertiary/aromatic N) is 2. The van der Waals surface area contributed by atoms with Crippen LogP contribution in [0.3, 0.4) is 0 Å². The molecular weight excluding hydrogens is 355 g/mol. The van der Waals surface area contributed by atoms with Crippen molar-refractivity contribution in [3.63, 3.8) is 0 Å². The van der Waals surface area contributed by atoms with E-state index in [4.69, 9.17) is 4.74 Å². The van der Waals surface area contributed by atoms with Crippen molar-refractivity contribution in [2.75, 3.05) is 24.8 Å². The number of ether oxygens (including phenoxy) is 1. The van der Waals surface area contributed by atoms with Gasteiger partial charge in [-0.1, -0.05) is 11.8 Å². The molecule has 0 aliphatic heterocycles. The van der Waals surface area contributed by atoms with Gasteiger partial charge in [0, 0.05) is 19.3 Å². The molecule has 2 aromatic rings. The van der Waals surface area contributed by atoms with Gasteiger partial charge in [0.2, 0.25) is 5.91 Å². The van der Waals surface area contributed by atoms with Crippen molar-refractivity contribution in [3.8, 4) is 0 Å². The van der Waals surface area contributed by atoms with Crippen LogP contribution in [0.4, 0.5) is 18.9 Å². The van der Waals surface area contributed by atoms with Crippen LogP contribution < -0.4 is 5.32 Å². The highest BCUT2D eigenvalue weighted by atomic mass is 32.2. The molecule has 0 aliphatic rings. The van der Waals surface area contributed by atoms with E-state index in [2.05, 4.69) is 10.3 Å². The van der Waals surface area contributed by atoms with Crippen molar-refractivity contribution in [3.05, 3.63) is 41.0 Å². The second kappa shape index (κ2) is 8.39. The molecule has 1 aromatic heterocycles. The first-order valence-corrected chi connectivity index (χ1v) is 8.42. The lowest BCUT2D eigenvalue weighted by molar-refractivity contribution is -0.113. The summed E-state index contributed by atoms with van der Waals surface area (Å²) in [6.45, 7) is 4.86. The Morgan fingerprint density at radius 3 is 2.68 bits per heavy atom. The maximum Gasteiger partial charge on any atom is 0.234 e. The lowest BCUT2D eigenvalue weighted by Crippen LogP contribution is -2.16. The van der Waals surface area contributed by atoms with Gasteiger partial charge in [0.1, 0.15) is 0 Å². The molecule has 1 aromatic carbocycles. The number of imidazole rings is 1. The van der Waals surface area contributed by atoms with Gasteiger partial charge in [-0.05, 0) is 26.0 Å². The maximum atomic E-state index is 13.6. The van der Waals surface area contributed by atoms with Gasteiger partial charge in [0.25, 0.3) is 0 Å².